The van der Waals surface area contributed by atoms with Crippen LogP contribution in [0.2, 0.25) is 0 Å². The minimum absolute atomic E-state index is 0.0646. The van der Waals surface area contributed by atoms with Gasteiger partial charge in [-0.2, -0.15) is 0 Å². The first-order valence-corrected chi connectivity index (χ1v) is 5.55. The molecule has 0 bridgehead atoms. The fourth-order valence-electron chi connectivity index (χ4n) is 1.23. The van der Waals surface area contributed by atoms with Gasteiger partial charge in [-0.3, -0.25) is 4.79 Å². The van der Waals surface area contributed by atoms with E-state index in [0.29, 0.717) is 6.54 Å². The van der Waals surface area contributed by atoms with Crippen LogP contribution in [0.5, 0.6) is 0 Å². The first-order valence-electron chi connectivity index (χ1n) is 5.55. The average Bonchev–Trinajstić information content (AvgIpc) is 2.12. The molecule has 2 atom stereocenters. The van der Waals surface area contributed by atoms with E-state index in [1.807, 2.05) is 6.92 Å². The molecule has 4 heteroatoms. The topological polar surface area (TPSA) is 75.4 Å². The van der Waals surface area contributed by atoms with Crippen LogP contribution in [0.4, 0.5) is 0 Å². The molecule has 0 fully saturated rings. The number of carbonyl (C=O) groups is 1. The van der Waals surface area contributed by atoms with Crippen LogP contribution in [0.1, 0.15) is 40.5 Å². The Morgan fingerprint density at radius 2 is 2.07 bits per heavy atom. The van der Waals surface area contributed by atoms with Gasteiger partial charge in [0.1, 0.15) is 0 Å². The zero-order valence-corrected chi connectivity index (χ0v) is 10.2. The molecule has 2 unspecified atom stereocenters. The van der Waals surface area contributed by atoms with Gasteiger partial charge in [0.05, 0.1) is 17.6 Å². The molecular formula is C11H24N2O2. The molecule has 0 heterocycles. The molecule has 15 heavy (non-hydrogen) atoms. The van der Waals surface area contributed by atoms with Gasteiger partial charge in [0.15, 0.2) is 0 Å². The summed E-state index contributed by atoms with van der Waals surface area (Å²) < 4.78 is 0. The van der Waals surface area contributed by atoms with Crippen LogP contribution in [0.3, 0.4) is 0 Å². The molecule has 4 nitrogen and oxygen atoms in total. The third-order valence-electron chi connectivity index (χ3n) is 2.78. The van der Waals surface area contributed by atoms with Crippen molar-refractivity contribution >= 4 is 5.91 Å². The van der Waals surface area contributed by atoms with Crippen LogP contribution in [0.15, 0.2) is 0 Å². The first-order chi connectivity index (χ1) is 6.85. The van der Waals surface area contributed by atoms with Gasteiger partial charge in [0.25, 0.3) is 0 Å². The van der Waals surface area contributed by atoms with Gasteiger partial charge in [0.2, 0.25) is 5.91 Å². The molecule has 0 radical (unpaired) electrons. The highest BCUT2D eigenvalue weighted by molar-refractivity contribution is 5.79. The highest BCUT2D eigenvalue weighted by Crippen LogP contribution is 2.12. The van der Waals surface area contributed by atoms with Crippen LogP contribution < -0.4 is 11.1 Å². The van der Waals surface area contributed by atoms with Gasteiger partial charge in [-0.15, -0.1) is 0 Å². The molecule has 0 saturated heterocycles. The van der Waals surface area contributed by atoms with Gasteiger partial charge in [-0.1, -0.05) is 13.3 Å². The monoisotopic (exact) mass is 216 g/mol. The lowest BCUT2D eigenvalue weighted by atomic mass is 9.95. The molecule has 0 aliphatic carbocycles. The van der Waals surface area contributed by atoms with E-state index >= 15 is 0 Å². The predicted molar refractivity (Wildman–Crippen MR) is 61.4 cm³/mol. The lowest BCUT2D eigenvalue weighted by Gasteiger charge is -2.31. The van der Waals surface area contributed by atoms with E-state index in [2.05, 4.69) is 5.32 Å². The maximum absolute atomic E-state index is 11.8. The fraction of sp³-hybridized carbons (Fsp3) is 0.909. The number of aliphatic hydroxyl groups excluding tert-OH is 1. The van der Waals surface area contributed by atoms with Crippen LogP contribution in [-0.4, -0.2) is 29.2 Å². The Morgan fingerprint density at radius 1 is 1.53 bits per heavy atom. The van der Waals surface area contributed by atoms with E-state index in [9.17, 15) is 9.90 Å². The molecule has 0 aliphatic rings. The van der Waals surface area contributed by atoms with Gasteiger partial charge >= 0.3 is 0 Å². The van der Waals surface area contributed by atoms with Gasteiger partial charge in [-0.05, 0) is 27.2 Å². The van der Waals surface area contributed by atoms with Crippen molar-refractivity contribution in [3.63, 3.8) is 0 Å². The Kier molecular flexibility index (Phi) is 5.83. The zero-order chi connectivity index (χ0) is 12.1. The summed E-state index contributed by atoms with van der Waals surface area (Å²) in [6.45, 7) is 7.65. The molecule has 90 valence electrons. The average molecular weight is 216 g/mol. The molecule has 4 N–H and O–H groups in total. The van der Waals surface area contributed by atoms with Gasteiger partial charge < -0.3 is 16.2 Å². The second-order valence-electron chi connectivity index (χ2n) is 4.61. The summed E-state index contributed by atoms with van der Waals surface area (Å²) in [5.41, 5.74) is 4.93. The Labute approximate surface area is 92.2 Å². The highest BCUT2D eigenvalue weighted by atomic mass is 16.3. The number of carbonyl (C=O) groups excluding carboxylic acids is 1. The highest BCUT2D eigenvalue weighted by Gasteiger charge is 2.28. The number of rotatable bonds is 6. The van der Waals surface area contributed by atoms with Crippen molar-refractivity contribution in [2.75, 3.05) is 6.54 Å². The number of aliphatic hydroxyl groups is 1. The van der Waals surface area contributed by atoms with Crippen LogP contribution in [0, 0.1) is 5.92 Å². The maximum Gasteiger partial charge on any atom is 0.224 e. The van der Waals surface area contributed by atoms with E-state index in [1.165, 1.54) is 0 Å². The summed E-state index contributed by atoms with van der Waals surface area (Å²) in [6.07, 6.45) is 1.14. The van der Waals surface area contributed by atoms with Crippen molar-refractivity contribution in [2.24, 2.45) is 11.7 Å². The van der Waals surface area contributed by atoms with E-state index in [1.54, 1.807) is 20.8 Å². The van der Waals surface area contributed by atoms with Crippen molar-refractivity contribution in [1.82, 2.24) is 5.32 Å². The molecule has 1 amide bonds. The number of nitrogens with one attached hydrogen (secondary N) is 1. The molecule has 0 aromatic rings. The normalized spacial score (nSPS) is 15.9. The van der Waals surface area contributed by atoms with E-state index in [0.717, 1.165) is 12.8 Å². The van der Waals surface area contributed by atoms with Crippen LogP contribution in [0.25, 0.3) is 0 Å². The lowest BCUT2D eigenvalue weighted by molar-refractivity contribution is -0.127. The summed E-state index contributed by atoms with van der Waals surface area (Å²) >= 11 is 0. The van der Waals surface area contributed by atoms with Gasteiger partial charge in [0, 0.05) is 6.54 Å². The van der Waals surface area contributed by atoms with E-state index < -0.39 is 11.6 Å². The summed E-state index contributed by atoms with van der Waals surface area (Å²) in [6, 6.07) is 0. The first kappa shape index (κ1) is 14.4. The summed E-state index contributed by atoms with van der Waals surface area (Å²) in [5.74, 6) is -0.210. The number of hydrogen-bond donors (Lipinski definition) is 3. The Hall–Kier alpha value is -0.610. The smallest absolute Gasteiger partial charge is 0.224 e. The minimum atomic E-state index is -0.599. The third kappa shape index (κ3) is 4.62. The Bertz CT molecular complexity index is 203. The molecular weight excluding hydrogens is 192 g/mol. The van der Waals surface area contributed by atoms with Crippen LogP contribution >= 0.6 is 0 Å². The summed E-state index contributed by atoms with van der Waals surface area (Å²) in [5, 5.41) is 12.3. The number of nitrogens with two attached hydrogens (primary N) is 1. The van der Waals surface area contributed by atoms with E-state index in [4.69, 9.17) is 5.73 Å². The summed E-state index contributed by atoms with van der Waals surface area (Å²) in [4.78, 5) is 11.8. The zero-order valence-electron chi connectivity index (χ0n) is 10.2. The molecule has 0 saturated carbocycles. The molecule has 0 spiro atoms. The number of amides is 1. The maximum atomic E-state index is 11.8. The predicted octanol–water partition coefficient (Wildman–Crippen LogP) is 0.637. The largest absolute Gasteiger partial charge is 0.391 e. The second kappa shape index (κ2) is 6.08. The van der Waals surface area contributed by atoms with Crippen molar-refractivity contribution in [2.45, 2.75) is 52.2 Å². The molecule has 0 rings (SSSR count). The molecule has 0 aliphatic heterocycles. The van der Waals surface area contributed by atoms with Crippen LogP contribution in [-0.2, 0) is 4.79 Å². The van der Waals surface area contributed by atoms with Crippen molar-refractivity contribution in [1.29, 1.82) is 0 Å². The van der Waals surface area contributed by atoms with Crippen molar-refractivity contribution < 1.29 is 9.90 Å². The SMILES string of the molecule is CCCC(CN)C(=O)NC(C)(C)C(C)O. The Morgan fingerprint density at radius 3 is 2.40 bits per heavy atom. The summed E-state index contributed by atoms with van der Waals surface area (Å²) in [7, 11) is 0. The van der Waals surface area contributed by atoms with Gasteiger partial charge in [-0.25, -0.2) is 0 Å². The Balaban J connectivity index is 4.33. The fourth-order valence-corrected chi connectivity index (χ4v) is 1.23. The molecule has 0 aromatic heterocycles. The molecule has 0 aromatic carbocycles. The second-order valence-corrected chi connectivity index (χ2v) is 4.61. The lowest BCUT2D eigenvalue weighted by Crippen LogP contribution is -2.53. The van der Waals surface area contributed by atoms with Crippen molar-refractivity contribution in [3.05, 3.63) is 0 Å². The van der Waals surface area contributed by atoms with Crippen molar-refractivity contribution in [3.8, 4) is 0 Å². The third-order valence-corrected chi connectivity index (χ3v) is 2.78. The van der Waals surface area contributed by atoms with E-state index in [-0.39, 0.29) is 11.8 Å². The standard InChI is InChI=1S/C11H24N2O2/c1-5-6-9(7-12)10(15)13-11(3,4)8(2)14/h8-9,14H,5-7,12H2,1-4H3,(H,13,15). The number of hydrogen-bond acceptors (Lipinski definition) is 3. The quantitative estimate of drug-likeness (QED) is 0.610. The minimum Gasteiger partial charge on any atom is -0.391 e.